The van der Waals surface area contributed by atoms with Crippen LogP contribution in [0.25, 0.3) is 10.4 Å². The quantitative estimate of drug-likeness (QED) is 0.160. The Kier molecular flexibility index (Phi) is 8.82. The van der Waals surface area contributed by atoms with Crippen LogP contribution in [0.1, 0.15) is 26.3 Å². The predicted octanol–water partition coefficient (Wildman–Crippen LogP) is 5.20. The molecule has 0 saturated carbocycles. The standard InChI is InChI=1S/C29H35N3O4Si/c1-29(2,3)37(23-16-10-6-11-17-23,24-18-12-7-13-19-24)35-21-25-26(31-32-30)27(28(33-4)36-25)34-20-22-14-8-5-9-15-22/h5-19,25-28H,20-21H2,1-4H3/t25-,26+,27+,28+/m1/s1. The van der Waals surface area contributed by atoms with Gasteiger partial charge in [0.25, 0.3) is 8.32 Å². The highest BCUT2D eigenvalue weighted by molar-refractivity contribution is 6.99. The molecule has 1 heterocycles. The molecule has 1 aliphatic rings. The molecule has 7 nitrogen and oxygen atoms in total. The molecule has 0 bridgehead atoms. The lowest BCUT2D eigenvalue weighted by Crippen LogP contribution is -2.67. The van der Waals surface area contributed by atoms with E-state index in [4.69, 9.17) is 18.6 Å². The highest BCUT2D eigenvalue weighted by Crippen LogP contribution is 2.38. The Bertz CT molecular complexity index is 1130. The molecule has 0 radical (unpaired) electrons. The van der Waals surface area contributed by atoms with Crippen LogP contribution in [-0.2, 0) is 25.2 Å². The summed E-state index contributed by atoms with van der Waals surface area (Å²) in [6.45, 7) is 7.27. The third kappa shape index (κ3) is 5.80. The maximum absolute atomic E-state index is 9.39. The second-order valence-corrected chi connectivity index (χ2v) is 14.5. The Balaban J connectivity index is 1.64. The lowest BCUT2D eigenvalue weighted by molar-refractivity contribution is -0.166. The first-order chi connectivity index (χ1) is 17.9. The molecule has 1 saturated heterocycles. The summed E-state index contributed by atoms with van der Waals surface area (Å²) in [5, 5.41) is 6.25. The van der Waals surface area contributed by atoms with Gasteiger partial charge in [-0.05, 0) is 26.5 Å². The van der Waals surface area contributed by atoms with E-state index < -0.39 is 32.9 Å². The number of ether oxygens (including phenoxy) is 3. The van der Waals surface area contributed by atoms with Crippen molar-refractivity contribution >= 4 is 18.7 Å². The molecular formula is C29H35N3O4Si. The fraction of sp³-hybridized carbons (Fsp3) is 0.379. The normalized spacial score (nSPS) is 21.9. The molecule has 1 fully saturated rings. The van der Waals surface area contributed by atoms with Crippen molar-refractivity contribution in [1.29, 1.82) is 0 Å². The first kappa shape index (κ1) is 27.1. The van der Waals surface area contributed by atoms with Crippen LogP contribution in [0.5, 0.6) is 0 Å². The zero-order chi connectivity index (χ0) is 26.3. The minimum Gasteiger partial charge on any atom is -0.405 e. The molecule has 0 N–H and O–H groups in total. The summed E-state index contributed by atoms with van der Waals surface area (Å²) < 4.78 is 25.1. The summed E-state index contributed by atoms with van der Waals surface area (Å²) in [7, 11) is -1.22. The van der Waals surface area contributed by atoms with E-state index in [-0.39, 0.29) is 11.6 Å². The summed E-state index contributed by atoms with van der Waals surface area (Å²) >= 11 is 0. The van der Waals surface area contributed by atoms with Gasteiger partial charge < -0.3 is 18.6 Å². The summed E-state index contributed by atoms with van der Waals surface area (Å²) in [6.07, 6.45) is -1.76. The third-order valence-corrected chi connectivity index (χ3v) is 11.9. The van der Waals surface area contributed by atoms with Gasteiger partial charge in [-0.15, -0.1) is 0 Å². The first-order valence-corrected chi connectivity index (χ1v) is 14.4. The van der Waals surface area contributed by atoms with Crippen molar-refractivity contribution in [3.8, 4) is 0 Å². The molecule has 0 aliphatic carbocycles. The summed E-state index contributed by atoms with van der Waals surface area (Å²) in [5.41, 5.74) is 10.4. The van der Waals surface area contributed by atoms with Crippen molar-refractivity contribution in [2.75, 3.05) is 13.7 Å². The number of azide groups is 1. The van der Waals surface area contributed by atoms with Crippen LogP contribution < -0.4 is 10.4 Å². The molecule has 194 valence electrons. The molecule has 0 aromatic heterocycles. The molecule has 1 aliphatic heterocycles. The average Bonchev–Trinajstić information content (AvgIpc) is 3.25. The van der Waals surface area contributed by atoms with E-state index >= 15 is 0 Å². The van der Waals surface area contributed by atoms with Crippen LogP contribution in [0.15, 0.2) is 96.1 Å². The molecule has 4 rings (SSSR count). The van der Waals surface area contributed by atoms with Crippen molar-refractivity contribution in [1.82, 2.24) is 0 Å². The fourth-order valence-corrected chi connectivity index (χ4v) is 9.71. The van der Waals surface area contributed by atoms with E-state index in [1.165, 1.54) is 10.4 Å². The van der Waals surface area contributed by atoms with Crippen LogP contribution in [-0.4, -0.2) is 46.6 Å². The molecule has 0 amide bonds. The van der Waals surface area contributed by atoms with Crippen LogP contribution >= 0.6 is 0 Å². The molecule has 4 atom stereocenters. The van der Waals surface area contributed by atoms with Gasteiger partial charge in [-0.3, -0.25) is 0 Å². The maximum atomic E-state index is 9.39. The Morgan fingerprint density at radius 2 is 1.43 bits per heavy atom. The number of hydrogen-bond acceptors (Lipinski definition) is 5. The average molecular weight is 518 g/mol. The minimum atomic E-state index is -2.79. The zero-order valence-electron chi connectivity index (χ0n) is 21.9. The van der Waals surface area contributed by atoms with Crippen molar-refractivity contribution in [3.63, 3.8) is 0 Å². The second kappa shape index (κ2) is 12.0. The number of methoxy groups -OCH3 is 1. The van der Waals surface area contributed by atoms with Crippen LogP contribution in [0.2, 0.25) is 5.04 Å². The molecular weight excluding hydrogens is 482 g/mol. The SMILES string of the molecule is CO[C@H]1O[C@H](CO[Si](c2ccccc2)(c2ccccc2)C(C)(C)C)[C@H](N=[N+]=[N-])[C@@H]1OCc1ccccc1. The number of hydrogen-bond donors (Lipinski definition) is 0. The van der Waals surface area contributed by atoms with Crippen molar-refractivity contribution in [2.24, 2.45) is 5.11 Å². The predicted molar refractivity (Wildman–Crippen MR) is 147 cm³/mol. The largest absolute Gasteiger partial charge is 0.405 e. The Morgan fingerprint density at radius 3 is 1.92 bits per heavy atom. The first-order valence-electron chi connectivity index (χ1n) is 12.5. The number of rotatable bonds is 10. The van der Waals surface area contributed by atoms with Gasteiger partial charge in [0.15, 0.2) is 6.29 Å². The van der Waals surface area contributed by atoms with E-state index in [0.717, 1.165) is 5.56 Å². The van der Waals surface area contributed by atoms with Gasteiger partial charge in [-0.2, -0.15) is 0 Å². The monoisotopic (exact) mass is 517 g/mol. The molecule has 37 heavy (non-hydrogen) atoms. The van der Waals surface area contributed by atoms with E-state index in [2.05, 4.69) is 79.3 Å². The molecule has 3 aromatic carbocycles. The van der Waals surface area contributed by atoms with Crippen molar-refractivity contribution in [3.05, 3.63) is 107 Å². The van der Waals surface area contributed by atoms with E-state index in [1.807, 2.05) is 42.5 Å². The Morgan fingerprint density at radius 1 is 0.892 bits per heavy atom. The van der Waals surface area contributed by atoms with Gasteiger partial charge in [0.05, 0.1) is 25.4 Å². The van der Waals surface area contributed by atoms with E-state index in [0.29, 0.717) is 6.61 Å². The number of nitrogens with zero attached hydrogens (tertiary/aromatic N) is 3. The van der Waals surface area contributed by atoms with Gasteiger partial charge in [0.1, 0.15) is 6.10 Å². The Hall–Kier alpha value is -2.97. The van der Waals surface area contributed by atoms with Gasteiger partial charge in [0.2, 0.25) is 0 Å². The lowest BCUT2D eigenvalue weighted by atomic mass is 10.1. The van der Waals surface area contributed by atoms with E-state index in [1.54, 1.807) is 7.11 Å². The highest BCUT2D eigenvalue weighted by Gasteiger charge is 2.52. The van der Waals surface area contributed by atoms with Gasteiger partial charge in [0, 0.05) is 12.0 Å². The van der Waals surface area contributed by atoms with Gasteiger partial charge >= 0.3 is 0 Å². The van der Waals surface area contributed by atoms with E-state index in [9.17, 15) is 5.53 Å². The smallest absolute Gasteiger partial charge is 0.261 e. The van der Waals surface area contributed by atoms with Crippen molar-refractivity contribution in [2.45, 2.75) is 57.0 Å². The third-order valence-electron chi connectivity index (χ3n) is 6.88. The number of benzene rings is 3. The zero-order valence-corrected chi connectivity index (χ0v) is 22.9. The topological polar surface area (TPSA) is 85.7 Å². The molecule has 8 heteroatoms. The summed E-state index contributed by atoms with van der Waals surface area (Å²) in [6, 6.07) is 30.1. The van der Waals surface area contributed by atoms with Gasteiger partial charge in [-0.1, -0.05) is 117 Å². The van der Waals surface area contributed by atoms with Crippen LogP contribution in [0.4, 0.5) is 0 Å². The van der Waals surface area contributed by atoms with Crippen LogP contribution in [0.3, 0.4) is 0 Å². The fourth-order valence-electron chi connectivity index (χ4n) is 5.14. The van der Waals surface area contributed by atoms with Crippen LogP contribution in [0, 0.1) is 0 Å². The Labute approximate surface area is 220 Å². The molecule has 3 aromatic rings. The minimum absolute atomic E-state index is 0.188. The van der Waals surface area contributed by atoms with Crippen molar-refractivity contribution < 1.29 is 18.6 Å². The summed E-state index contributed by atoms with van der Waals surface area (Å²) in [5.74, 6) is 0. The molecule has 0 spiro atoms. The maximum Gasteiger partial charge on any atom is 0.261 e. The van der Waals surface area contributed by atoms with Gasteiger partial charge in [-0.25, -0.2) is 0 Å². The molecule has 0 unspecified atom stereocenters. The highest BCUT2D eigenvalue weighted by atomic mass is 28.4. The lowest BCUT2D eigenvalue weighted by Gasteiger charge is -2.43. The summed E-state index contributed by atoms with van der Waals surface area (Å²) in [4.78, 5) is 3.12. The second-order valence-electron chi connectivity index (χ2n) is 10.2.